The highest BCUT2D eigenvalue weighted by molar-refractivity contribution is 7.92. The average Bonchev–Trinajstić information content (AvgIpc) is 2.47. The molecular formula is C15H11F4NO4S. The Balaban J connectivity index is 2.44. The van der Waals surface area contributed by atoms with Gasteiger partial charge in [-0.25, -0.2) is 17.6 Å². The molecule has 0 aliphatic heterocycles. The van der Waals surface area contributed by atoms with Crippen LogP contribution in [0.3, 0.4) is 0 Å². The molecule has 134 valence electrons. The number of rotatable bonds is 5. The fraction of sp³-hybridized carbons (Fsp3) is 0.133. The Morgan fingerprint density at radius 2 is 1.76 bits per heavy atom. The number of anilines is 1. The number of alkyl halides is 3. The topological polar surface area (TPSA) is 83.5 Å². The fourth-order valence-electron chi connectivity index (χ4n) is 2.03. The average molecular weight is 377 g/mol. The first-order chi connectivity index (χ1) is 11.5. The van der Waals surface area contributed by atoms with Crippen LogP contribution in [0.4, 0.5) is 23.2 Å². The van der Waals surface area contributed by atoms with Crippen molar-refractivity contribution < 1.29 is 35.9 Å². The standard InChI is InChI=1S/C15H11F4NO4S/c16-11-6-5-9(14(21)22)7-13(11)25(23,24)20-12-4-2-1-3-10(12)8-15(17,18)19/h1-7,20H,8H2,(H,21,22). The van der Waals surface area contributed by atoms with Gasteiger partial charge in [0.15, 0.2) is 0 Å². The summed E-state index contributed by atoms with van der Waals surface area (Å²) < 4.78 is 78.0. The molecule has 0 saturated heterocycles. The predicted molar refractivity (Wildman–Crippen MR) is 80.4 cm³/mol. The molecule has 0 aromatic heterocycles. The van der Waals surface area contributed by atoms with E-state index in [1.807, 2.05) is 4.72 Å². The number of carboxylic acid groups (broad SMARTS) is 1. The molecule has 0 spiro atoms. The summed E-state index contributed by atoms with van der Waals surface area (Å²) in [6.07, 6.45) is -5.96. The highest BCUT2D eigenvalue weighted by Gasteiger charge is 2.30. The number of hydrogen-bond donors (Lipinski definition) is 2. The van der Waals surface area contributed by atoms with E-state index < -0.39 is 44.9 Å². The third-order valence-corrected chi connectivity index (χ3v) is 4.50. The maximum absolute atomic E-state index is 13.8. The molecule has 0 unspecified atom stereocenters. The quantitative estimate of drug-likeness (QED) is 0.782. The van der Waals surface area contributed by atoms with E-state index in [2.05, 4.69) is 0 Å². The zero-order valence-electron chi connectivity index (χ0n) is 12.3. The van der Waals surface area contributed by atoms with E-state index >= 15 is 0 Å². The first-order valence-corrected chi connectivity index (χ1v) is 8.18. The molecule has 2 N–H and O–H groups in total. The van der Waals surface area contributed by atoms with Gasteiger partial charge in [-0.05, 0) is 29.8 Å². The highest BCUT2D eigenvalue weighted by atomic mass is 32.2. The first-order valence-electron chi connectivity index (χ1n) is 6.70. The van der Waals surface area contributed by atoms with Crippen molar-refractivity contribution in [2.45, 2.75) is 17.5 Å². The Bertz CT molecular complexity index is 910. The van der Waals surface area contributed by atoms with Crippen LogP contribution >= 0.6 is 0 Å². The van der Waals surface area contributed by atoms with Gasteiger partial charge in [0.25, 0.3) is 10.0 Å². The maximum atomic E-state index is 13.8. The van der Waals surface area contributed by atoms with Gasteiger partial charge in [0, 0.05) is 0 Å². The lowest BCUT2D eigenvalue weighted by atomic mass is 10.1. The van der Waals surface area contributed by atoms with Crippen molar-refractivity contribution in [2.75, 3.05) is 4.72 Å². The summed E-state index contributed by atoms with van der Waals surface area (Å²) in [6.45, 7) is 0. The van der Waals surface area contributed by atoms with Gasteiger partial charge >= 0.3 is 12.1 Å². The molecule has 2 rings (SSSR count). The molecule has 0 atom stereocenters. The second-order valence-corrected chi connectivity index (χ2v) is 6.66. The van der Waals surface area contributed by atoms with Crippen molar-refractivity contribution >= 4 is 21.7 Å². The van der Waals surface area contributed by atoms with Gasteiger partial charge in [-0.1, -0.05) is 18.2 Å². The van der Waals surface area contributed by atoms with Crippen LogP contribution in [0.2, 0.25) is 0 Å². The molecule has 0 aliphatic carbocycles. The molecule has 10 heteroatoms. The highest BCUT2D eigenvalue weighted by Crippen LogP contribution is 2.28. The second kappa shape index (κ2) is 6.71. The Morgan fingerprint density at radius 3 is 2.36 bits per heavy atom. The number of carboxylic acids is 1. The maximum Gasteiger partial charge on any atom is 0.393 e. The van der Waals surface area contributed by atoms with E-state index in [-0.39, 0.29) is 11.3 Å². The zero-order valence-corrected chi connectivity index (χ0v) is 13.2. The molecule has 0 aliphatic rings. The van der Waals surface area contributed by atoms with Crippen LogP contribution < -0.4 is 4.72 Å². The number of nitrogens with one attached hydrogen (secondary N) is 1. The number of hydrogen-bond acceptors (Lipinski definition) is 3. The minimum Gasteiger partial charge on any atom is -0.478 e. The lowest BCUT2D eigenvalue weighted by molar-refractivity contribution is -0.127. The summed E-state index contributed by atoms with van der Waals surface area (Å²) in [6, 6.07) is 6.89. The molecule has 2 aromatic carbocycles. The third-order valence-electron chi connectivity index (χ3n) is 3.12. The largest absolute Gasteiger partial charge is 0.478 e. The fourth-order valence-corrected chi connectivity index (χ4v) is 3.24. The van der Waals surface area contributed by atoms with Gasteiger partial charge in [-0.3, -0.25) is 4.72 Å². The molecular weight excluding hydrogens is 366 g/mol. The molecule has 0 heterocycles. The third kappa shape index (κ3) is 4.69. The minimum absolute atomic E-state index is 0.353. The Morgan fingerprint density at radius 1 is 1.12 bits per heavy atom. The van der Waals surface area contributed by atoms with Gasteiger partial charge in [-0.15, -0.1) is 0 Å². The van der Waals surface area contributed by atoms with E-state index in [0.717, 1.165) is 18.2 Å². The summed E-state index contributed by atoms with van der Waals surface area (Å²) in [4.78, 5) is 9.92. The first kappa shape index (κ1) is 18.7. The van der Waals surface area contributed by atoms with Crippen molar-refractivity contribution in [3.63, 3.8) is 0 Å². The molecule has 0 amide bonds. The van der Waals surface area contributed by atoms with Gasteiger partial charge in [-0.2, -0.15) is 13.2 Å². The van der Waals surface area contributed by atoms with Gasteiger partial charge in [0.2, 0.25) is 0 Å². The van der Waals surface area contributed by atoms with Gasteiger partial charge < -0.3 is 5.11 Å². The number of sulfonamides is 1. The van der Waals surface area contributed by atoms with Crippen molar-refractivity contribution in [3.8, 4) is 0 Å². The van der Waals surface area contributed by atoms with E-state index in [1.54, 1.807) is 0 Å². The Kier molecular flexibility index (Phi) is 5.02. The van der Waals surface area contributed by atoms with E-state index in [9.17, 15) is 30.8 Å². The van der Waals surface area contributed by atoms with Crippen molar-refractivity contribution in [1.82, 2.24) is 0 Å². The zero-order chi connectivity index (χ0) is 18.8. The van der Waals surface area contributed by atoms with Gasteiger partial charge in [0.1, 0.15) is 10.7 Å². The SMILES string of the molecule is O=C(O)c1ccc(F)c(S(=O)(=O)Nc2ccccc2CC(F)(F)F)c1. The number of carbonyl (C=O) groups is 1. The molecule has 0 radical (unpaired) electrons. The smallest absolute Gasteiger partial charge is 0.393 e. The van der Waals surface area contributed by atoms with Crippen LogP contribution in [0.5, 0.6) is 0 Å². The lowest BCUT2D eigenvalue weighted by Gasteiger charge is -2.14. The van der Waals surface area contributed by atoms with Crippen LogP contribution in [-0.2, 0) is 16.4 Å². The molecule has 25 heavy (non-hydrogen) atoms. The van der Waals surface area contributed by atoms with Gasteiger partial charge in [0.05, 0.1) is 17.7 Å². The van der Waals surface area contributed by atoms with Crippen molar-refractivity contribution in [1.29, 1.82) is 0 Å². The number of benzene rings is 2. The minimum atomic E-state index is -4.63. The molecule has 2 aromatic rings. The van der Waals surface area contributed by atoms with Crippen molar-refractivity contribution in [3.05, 3.63) is 59.4 Å². The number of halogens is 4. The van der Waals surface area contributed by atoms with Crippen LogP contribution in [0, 0.1) is 5.82 Å². The Hall–Kier alpha value is -2.62. The van der Waals surface area contributed by atoms with E-state index in [1.165, 1.54) is 12.1 Å². The normalized spacial score (nSPS) is 12.0. The predicted octanol–water partition coefficient (Wildman–Crippen LogP) is 3.43. The van der Waals surface area contributed by atoms with Crippen LogP contribution in [-0.4, -0.2) is 25.7 Å². The summed E-state index contributed by atoms with van der Waals surface area (Å²) in [7, 11) is -4.63. The van der Waals surface area contributed by atoms with Crippen LogP contribution in [0.15, 0.2) is 47.4 Å². The monoisotopic (exact) mass is 377 g/mol. The summed E-state index contributed by atoms with van der Waals surface area (Å²) >= 11 is 0. The van der Waals surface area contributed by atoms with Crippen LogP contribution in [0.1, 0.15) is 15.9 Å². The van der Waals surface area contributed by atoms with E-state index in [0.29, 0.717) is 12.1 Å². The van der Waals surface area contributed by atoms with E-state index in [4.69, 9.17) is 5.11 Å². The number of para-hydroxylation sites is 1. The van der Waals surface area contributed by atoms with Crippen molar-refractivity contribution in [2.24, 2.45) is 0 Å². The number of aromatic carboxylic acids is 1. The lowest BCUT2D eigenvalue weighted by Crippen LogP contribution is -2.18. The molecule has 0 fully saturated rings. The second-order valence-electron chi connectivity index (χ2n) is 5.00. The Labute approximate surface area is 140 Å². The molecule has 5 nitrogen and oxygen atoms in total. The summed E-state index contributed by atoms with van der Waals surface area (Å²) in [5.41, 5.74) is -1.21. The summed E-state index contributed by atoms with van der Waals surface area (Å²) in [5, 5.41) is 8.86. The summed E-state index contributed by atoms with van der Waals surface area (Å²) in [5.74, 6) is -2.71. The molecule has 0 saturated carbocycles. The molecule has 0 bridgehead atoms. The van der Waals surface area contributed by atoms with Crippen LogP contribution in [0.25, 0.3) is 0 Å².